The van der Waals surface area contributed by atoms with E-state index in [0.717, 1.165) is 31.1 Å². The summed E-state index contributed by atoms with van der Waals surface area (Å²) in [7, 11) is 0. The van der Waals surface area contributed by atoms with E-state index in [2.05, 4.69) is 68.7 Å². The van der Waals surface area contributed by atoms with Gasteiger partial charge in [0, 0.05) is 41.9 Å². The van der Waals surface area contributed by atoms with Gasteiger partial charge in [-0.3, -0.25) is 0 Å². The predicted octanol–water partition coefficient (Wildman–Crippen LogP) is 3.61. The molecule has 1 fully saturated rings. The van der Waals surface area contributed by atoms with Crippen LogP contribution in [0.15, 0.2) is 12.1 Å². The minimum atomic E-state index is 0.394. The highest BCUT2D eigenvalue weighted by Crippen LogP contribution is 2.32. The Bertz CT molecular complexity index is 471. The monoisotopic (exact) mass is 307 g/mol. The lowest BCUT2D eigenvalue weighted by atomic mass is 10.1. The number of anilines is 1. The van der Waals surface area contributed by atoms with Crippen molar-refractivity contribution in [2.24, 2.45) is 0 Å². The number of nitrogens with zero attached hydrogens (tertiary/aromatic N) is 2. The highest BCUT2D eigenvalue weighted by molar-refractivity contribution is 8.00. The van der Waals surface area contributed by atoms with Crippen molar-refractivity contribution in [3.8, 4) is 0 Å². The Kier molecular flexibility index (Phi) is 5.55. The van der Waals surface area contributed by atoms with E-state index >= 15 is 0 Å². The van der Waals surface area contributed by atoms with Crippen molar-refractivity contribution in [3.63, 3.8) is 0 Å². The average Bonchev–Trinajstić information content (AvgIpc) is 2.58. The first kappa shape index (κ1) is 16.6. The van der Waals surface area contributed by atoms with Crippen molar-refractivity contribution in [3.05, 3.63) is 23.4 Å². The number of nitrogens with one attached hydrogen (secondary N) is 1. The second kappa shape index (κ2) is 7.01. The Labute approximate surface area is 133 Å². The summed E-state index contributed by atoms with van der Waals surface area (Å²) >= 11 is 2.08. The van der Waals surface area contributed by atoms with E-state index in [4.69, 9.17) is 4.98 Å². The molecule has 4 heteroatoms. The largest absolute Gasteiger partial charge is 0.356 e. The fourth-order valence-corrected chi connectivity index (χ4v) is 3.60. The van der Waals surface area contributed by atoms with Gasteiger partial charge in [0.1, 0.15) is 5.82 Å². The third kappa shape index (κ3) is 4.89. The molecule has 0 aliphatic carbocycles. The van der Waals surface area contributed by atoms with Crippen LogP contribution in [0.4, 0.5) is 5.82 Å². The van der Waals surface area contributed by atoms with Crippen LogP contribution in [-0.4, -0.2) is 34.6 Å². The van der Waals surface area contributed by atoms with Gasteiger partial charge in [0.2, 0.25) is 0 Å². The molecule has 118 valence electrons. The van der Waals surface area contributed by atoms with Gasteiger partial charge in [-0.2, -0.15) is 11.8 Å². The molecule has 1 N–H and O–H groups in total. The van der Waals surface area contributed by atoms with E-state index in [0.29, 0.717) is 10.8 Å². The molecule has 2 rings (SSSR count). The van der Waals surface area contributed by atoms with E-state index in [9.17, 15) is 0 Å². The minimum absolute atomic E-state index is 0.394. The minimum Gasteiger partial charge on any atom is -0.356 e. The predicted molar refractivity (Wildman–Crippen MR) is 94.3 cm³/mol. The summed E-state index contributed by atoms with van der Waals surface area (Å²) in [5.41, 5.74) is 2.45. The molecule has 1 aliphatic rings. The van der Waals surface area contributed by atoms with E-state index in [1.807, 2.05) is 0 Å². The Morgan fingerprint density at radius 1 is 1.33 bits per heavy atom. The zero-order chi connectivity index (χ0) is 15.5. The van der Waals surface area contributed by atoms with E-state index < -0.39 is 0 Å². The molecule has 0 atom stereocenters. The first-order chi connectivity index (χ1) is 9.87. The lowest BCUT2D eigenvalue weighted by Gasteiger charge is -2.24. The highest BCUT2D eigenvalue weighted by atomic mass is 32.2. The van der Waals surface area contributed by atoms with Crippen LogP contribution < -0.4 is 10.2 Å². The maximum Gasteiger partial charge on any atom is 0.128 e. The van der Waals surface area contributed by atoms with Crippen molar-refractivity contribution in [2.75, 3.05) is 23.7 Å². The lowest BCUT2D eigenvalue weighted by Crippen LogP contribution is -2.28. The van der Waals surface area contributed by atoms with Gasteiger partial charge in [-0.15, -0.1) is 0 Å². The van der Waals surface area contributed by atoms with Crippen molar-refractivity contribution in [2.45, 2.75) is 58.4 Å². The maximum atomic E-state index is 4.84. The Hall–Kier alpha value is -0.740. The maximum absolute atomic E-state index is 4.84. The smallest absolute Gasteiger partial charge is 0.128 e. The first-order valence-electron chi connectivity index (χ1n) is 7.96. The van der Waals surface area contributed by atoms with E-state index in [-0.39, 0.29) is 0 Å². The molecule has 0 aromatic carbocycles. The molecule has 0 saturated carbocycles. The zero-order valence-corrected chi connectivity index (χ0v) is 14.9. The van der Waals surface area contributed by atoms with Crippen molar-refractivity contribution in [1.82, 2.24) is 10.3 Å². The number of thioether (sulfide) groups is 1. The van der Waals surface area contributed by atoms with Crippen LogP contribution in [0.3, 0.4) is 0 Å². The fraction of sp³-hybridized carbons (Fsp3) is 0.706. The number of pyridine rings is 1. The molecule has 0 spiro atoms. The Morgan fingerprint density at radius 3 is 2.76 bits per heavy atom. The van der Waals surface area contributed by atoms with Gasteiger partial charge in [-0.25, -0.2) is 4.98 Å². The van der Waals surface area contributed by atoms with Gasteiger partial charge in [0.25, 0.3) is 0 Å². The van der Waals surface area contributed by atoms with E-state index in [1.54, 1.807) is 0 Å². The lowest BCUT2D eigenvalue weighted by molar-refractivity contribution is 0.586. The van der Waals surface area contributed by atoms with Crippen LogP contribution in [0, 0.1) is 6.92 Å². The summed E-state index contributed by atoms with van der Waals surface area (Å²) in [6, 6.07) is 4.93. The summed E-state index contributed by atoms with van der Waals surface area (Å²) in [4.78, 5) is 7.28. The fourth-order valence-electron chi connectivity index (χ4n) is 2.50. The number of aromatic nitrogens is 1. The molecule has 1 aromatic rings. The van der Waals surface area contributed by atoms with Crippen LogP contribution in [0.25, 0.3) is 0 Å². The van der Waals surface area contributed by atoms with Crippen LogP contribution in [0.5, 0.6) is 0 Å². The summed E-state index contributed by atoms with van der Waals surface area (Å²) in [6.07, 6.45) is 1.22. The molecule has 1 aliphatic heterocycles. The average molecular weight is 308 g/mol. The third-order valence-electron chi connectivity index (χ3n) is 4.04. The summed E-state index contributed by atoms with van der Waals surface area (Å²) < 4.78 is 0.394. The molecule has 1 saturated heterocycles. The topological polar surface area (TPSA) is 28.2 Å². The van der Waals surface area contributed by atoms with Crippen LogP contribution >= 0.6 is 11.8 Å². The second-order valence-electron chi connectivity index (χ2n) is 6.79. The van der Waals surface area contributed by atoms with Crippen molar-refractivity contribution < 1.29 is 0 Å². The van der Waals surface area contributed by atoms with Gasteiger partial charge in [-0.05, 0) is 25.0 Å². The van der Waals surface area contributed by atoms with Gasteiger partial charge in [0.05, 0.1) is 0 Å². The molecular weight excluding hydrogens is 278 g/mol. The first-order valence-corrected chi connectivity index (χ1v) is 8.95. The molecule has 0 unspecified atom stereocenters. The SMILES string of the molecule is Cc1nc(N2CCSC(C)(C)CC2)ccc1CNC(C)C. The summed E-state index contributed by atoms with van der Waals surface area (Å²) in [5, 5.41) is 3.47. The zero-order valence-electron chi connectivity index (χ0n) is 14.1. The Balaban J connectivity index is 2.05. The molecule has 2 heterocycles. The summed E-state index contributed by atoms with van der Waals surface area (Å²) in [6.45, 7) is 14.3. The van der Waals surface area contributed by atoms with Crippen molar-refractivity contribution >= 4 is 17.6 Å². The molecule has 0 bridgehead atoms. The number of aryl methyl sites for hydroxylation is 1. The third-order valence-corrected chi connectivity index (χ3v) is 5.42. The molecule has 21 heavy (non-hydrogen) atoms. The number of hydrogen-bond acceptors (Lipinski definition) is 4. The molecule has 3 nitrogen and oxygen atoms in total. The van der Waals surface area contributed by atoms with Gasteiger partial charge in [0.15, 0.2) is 0 Å². The van der Waals surface area contributed by atoms with Crippen molar-refractivity contribution in [1.29, 1.82) is 0 Å². The van der Waals surface area contributed by atoms with Gasteiger partial charge >= 0.3 is 0 Å². The normalized spacial score (nSPS) is 18.9. The Morgan fingerprint density at radius 2 is 2.10 bits per heavy atom. The molecule has 1 aromatic heterocycles. The highest BCUT2D eigenvalue weighted by Gasteiger charge is 2.24. The molecule has 0 radical (unpaired) electrons. The van der Waals surface area contributed by atoms with Crippen LogP contribution in [0.1, 0.15) is 45.4 Å². The molecular formula is C17H29N3S. The quantitative estimate of drug-likeness (QED) is 0.920. The van der Waals surface area contributed by atoms with Crippen LogP contribution in [-0.2, 0) is 6.54 Å². The van der Waals surface area contributed by atoms with Crippen LogP contribution in [0.2, 0.25) is 0 Å². The molecule has 0 amide bonds. The number of hydrogen-bond donors (Lipinski definition) is 1. The van der Waals surface area contributed by atoms with Gasteiger partial charge in [-0.1, -0.05) is 33.8 Å². The second-order valence-corrected chi connectivity index (χ2v) is 8.60. The standard InChI is InChI=1S/C17H29N3S/c1-13(2)18-12-15-6-7-16(19-14(15)3)20-9-8-17(4,5)21-11-10-20/h6-7,13,18H,8-12H2,1-5H3. The summed E-state index contributed by atoms with van der Waals surface area (Å²) in [5.74, 6) is 2.32. The van der Waals surface area contributed by atoms with E-state index in [1.165, 1.54) is 17.7 Å². The van der Waals surface area contributed by atoms with Gasteiger partial charge < -0.3 is 10.2 Å². The number of rotatable bonds is 4.